The van der Waals surface area contributed by atoms with Crippen LogP contribution in [0.25, 0.3) is 10.8 Å². The van der Waals surface area contributed by atoms with Crippen molar-refractivity contribution >= 4 is 10.8 Å². The van der Waals surface area contributed by atoms with E-state index in [9.17, 15) is 0 Å². The van der Waals surface area contributed by atoms with Crippen molar-refractivity contribution in [1.82, 2.24) is 0 Å². The molecule has 0 aliphatic carbocycles. The van der Waals surface area contributed by atoms with Gasteiger partial charge in [0, 0.05) is 0 Å². The minimum atomic E-state index is 0.969. The fourth-order valence-corrected chi connectivity index (χ4v) is 2.27. The van der Waals surface area contributed by atoms with Gasteiger partial charge >= 0.3 is 0 Å². The first-order valence-corrected chi connectivity index (χ1v) is 5.97. The van der Waals surface area contributed by atoms with E-state index in [4.69, 9.17) is 0 Å². The van der Waals surface area contributed by atoms with Gasteiger partial charge in [0.25, 0.3) is 0 Å². The van der Waals surface area contributed by atoms with Crippen LogP contribution in [0.2, 0.25) is 0 Å². The van der Waals surface area contributed by atoms with Crippen molar-refractivity contribution in [2.24, 2.45) is 0 Å². The minimum Gasteiger partial charge on any atom is -0.103 e. The lowest BCUT2D eigenvalue weighted by molar-refractivity contribution is 0.910. The second-order valence-corrected chi connectivity index (χ2v) is 4.17. The Kier molecular flexibility index (Phi) is 3.40. The summed E-state index contributed by atoms with van der Waals surface area (Å²) < 4.78 is 0. The molecule has 0 unspecified atom stereocenters. The van der Waals surface area contributed by atoms with E-state index in [0.717, 1.165) is 12.8 Å². The van der Waals surface area contributed by atoms with Crippen LogP contribution in [0.5, 0.6) is 0 Å². The molecule has 16 heavy (non-hydrogen) atoms. The third-order valence-electron chi connectivity index (χ3n) is 3.01. The van der Waals surface area contributed by atoms with Gasteiger partial charge in [-0.15, -0.1) is 6.58 Å². The van der Waals surface area contributed by atoms with E-state index in [0.29, 0.717) is 0 Å². The van der Waals surface area contributed by atoms with E-state index in [1.54, 1.807) is 0 Å². The molecule has 0 amide bonds. The van der Waals surface area contributed by atoms with Crippen molar-refractivity contribution in [3.05, 3.63) is 60.2 Å². The Hall–Kier alpha value is -1.56. The molecular formula is C16H18. The summed E-state index contributed by atoms with van der Waals surface area (Å²) >= 11 is 0. The third-order valence-corrected chi connectivity index (χ3v) is 3.01. The molecule has 0 spiro atoms. The van der Waals surface area contributed by atoms with Crippen LogP contribution in [-0.2, 0) is 12.8 Å². The van der Waals surface area contributed by atoms with Gasteiger partial charge in [0.15, 0.2) is 0 Å². The van der Waals surface area contributed by atoms with Crippen molar-refractivity contribution < 1.29 is 0 Å². The van der Waals surface area contributed by atoms with Gasteiger partial charge in [0.05, 0.1) is 0 Å². The lowest BCUT2D eigenvalue weighted by atomic mass is 9.94. The topological polar surface area (TPSA) is 0 Å². The summed E-state index contributed by atoms with van der Waals surface area (Å²) in [6, 6.07) is 13.1. The van der Waals surface area contributed by atoms with Crippen LogP contribution in [-0.4, -0.2) is 0 Å². The summed E-state index contributed by atoms with van der Waals surface area (Å²) in [7, 11) is 0. The Morgan fingerprint density at radius 1 is 1.12 bits per heavy atom. The Morgan fingerprint density at radius 3 is 2.69 bits per heavy atom. The molecule has 0 nitrogen and oxygen atoms in total. The Labute approximate surface area is 97.6 Å². The highest BCUT2D eigenvalue weighted by Gasteiger charge is 2.05. The normalized spacial score (nSPS) is 10.6. The van der Waals surface area contributed by atoms with E-state index in [2.05, 4.69) is 49.9 Å². The van der Waals surface area contributed by atoms with Crippen LogP contribution in [0, 0.1) is 0 Å². The Bertz CT molecular complexity index is 494. The zero-order valence-corrected chi connectivity index (χ0v) is 9.87. The summed E-state index contributed by atoms with van der Waals surface area (Å²) in [5.74, 6) is 0. The summed E-state index contributed by atoms with van der Waals surface area (Å²) in [6.07, 6.45) is 5.33. The predicted octanol–water partition coefficient (Wildman–Crippen LogP) is 4.52. The number of aryl methyl sites for hydroxylation is 1. The number of rotatable bonds is 4. The molecule has 2 rings (SSSR count). The van der Waals surface area contributed by atoms with Crippen LogP contribution in [0.3, 0.4) is 0 Å². The molecule has 0 N–H and O–H groups in total. The molecule has 0 saturated carbocycles. The fourth-order valence-electron chi connectivity index (χ4n) is 2.27. The molecule has 0 fully saturated rings. The number of hydrogen-bond acceptors (Lipinski definition) is 0. The zero-order valence-electron chi connectivity index (χ0n) is 9.87. The molecule has 2 aromatic carbocycles. The SMILES string of the molecule is C=CCc1c(CCC)ccc2ccccc12. The molecule has 0 aromatic heterocycles. The van der Waals surface area contributed by atoms with Crippen LogP contribution in [0.1, 0.15) is 24.5 Å². The minimum absolute atomic E-state index is 0.969. The molecule has 0 aliphatic rings. The quantitative estimate of drug-likeness (QED) is 0.651. The first-order valence-electron chi connectivity index (χ1n) is 5.97. The molecule has 0 radical (unpaired) electrons. The van der Waals surface area contributed by atoms with E-state index < -0.39 is 0 Å². The molecule has 0 aliphatic heterocycles. The van der Waals surface area contributed by atoms with Gasteiger partial charge < -0.3 is 0 Å². The number of fused-ring (bicyclic) bond motifs is 1. The Morgan fingerprint density at radius 2 is 1.94 bits per heavy atom. The van der Waals surface area contributed by atoms with E-state index in [-0.39, 0.29) is 0 Å². The molecule has 0 heteroatoms. The van der Waals surface area contributed by atoms with Crippen LogP contribution in [0.15, 0.2) is 49.1 Å². The van der Waals surface area contributed by atoms with Gasteiger partial charge in [-0.3, -0.25) is 0 Å². The highest BCUT2D eigenvalue weighted by atomic mass is 14.1. The van der Waals surface area contributed by atoms with Crippen molar-refractivity contribution in [2.75, 3.05) is 0 Å². The zero-order chi connectivity index (χ0) is 11.4. The van der Waals surface area contributed by atoms with Gasteiger partial charge in [0.1, 0.15) is 0 Å². The molecule has 0 saturated heterocycles. The Balaban J connectivity index is 2.63. The second kappa shape index (κ2) is 4.98. The summed E-state index contributed by atoms with van der Waals surface area (Å²) in [4.78, 5) is 0. The number of hydrogen-bond donors (Lipinski definition) is 0. The van der Waals surface area contributed by atoms with Gasteiger partial charge in [-0.05, 0) is 34.7 Å². The molecule has 0 atom stereocenters. The first-order chi connectivity index (χ1) is 7.86. The first kappa shape index (κ1) is 10.9. The average Bonchev–Trinajstić information content (AvgIpc) is 2.32. The predicted molar refractivity (Wildman–Crippen MR) is 71.8 cm³/mol. The van der Waals surface area contributed by atoms with Crippen molar-refractivity contribution in [3.63, 3.8) is 0 Å². The number of allylic oxidation sites excluding steroid dienone is 1. The number of benzene rings is 2. The van der Waals surface area contributed by atoms with Crippen LogP contribution < -0.4 is 0 Å². The molecule has 0 heterocycles. The standard InChI is InChI=1S/C16H18/c1-3-7-13-11-12-14-9-5-6-10-16(14)15(13)8-4-2/h4-6,9-12H,2-3,7-8H2,1H3. The second-order valence-electron chi connectivity index (χ2n) is 4.17. The largest absolute Gasteiger partial charge is 0.103 e. The van der Waals surface area contributed by atoms with Gasteiger partial charge in [0.2, 0.25) is 0 Å². The maximum atomic E-state index is 3.86. The molecule has 2 aromatic rings. The fraction of sp³-hybridized carbons (Fsp3) is 0.250. The smallest absolute Gasteiger partial charge is 0.00912 e. The van der Waals surface area contributed by atoms with Gasteiger partial charge in [-0.1, -0.05) is 55.8 Å². The molecular weight excluding hydrogens is 192 g/mol. The average molecular weight is 210 g/mol. The maximum absolute atomic E-state index is 3.86. The molecule has 0 bridgehead atoms. The van der Waals surface area contributed by atoms with E-state index in [1.807, 2.05) is 6.08 Å². The highest BCUT2D eigenvalue weighted by Crippen LogP contribution is 2.24. The summed E-state index contributed by atoms with van der Waals surface area (Å²) in [5.41, 5.74) is 2.93. The van der Waals surface area contributed by atoms with Crippen molar-refractivity contribution in [1.29, 1.82) is 0 Å². The van der Waals surface area contributed by atoms with Crippen molar-refractivity contribution in [2.45, 2.75) is 26.2 Å². The van der Waals surface area contributed by atoms with Gasteiger partial charge in [-0.25, -0.2) is 0 Å². The van der Waals surface area contributed by atoms with Crippen LogP contribution in [0.4, 0.5) is 0 Å². The van der Waals surface area contributed by atoms with Gasteiger partial charge in [-0.2, -0.15) is 0 Å². The maximum Gasteiger partial charge on any atom is -0.00912 e. The lowest BCUT2D eigenvalue weighted by Crippen LogP contribution is -1.94. The molecule has 82 valence electrons. The van der Waals surface area contributed by atoms with E-state index in [1.165, 1.54) is 28.3 Å². The van der Waals surface area contributed by atoms with Crippen molar-refractivity contribution in [3.8, 4) is 0 Å². The van der Waals surface area contributed by atoms with Crippen LogP contribution >= 0.6 is 0 Å². The van der Waals surface area contributed by atoms with E-state index >= 15 is 0 Å². The third kappa shape index (κ3) is 2.01. The summed E-state index contributed by atoms with van der Waals surface area (Å²) in [6.45, 7) is 6.09. The lowest BCUT2D eigenvalue weighted by Gasteiger charge is -2.11. The monoisotopic (exact) mass is 210 g/mol. The summed E-state index contributed by atoms with van der Waals surface area (Å²) in [5, 5.41) is 2.72. The highest BCUT2D eigenvalue weighted by molar-refractivity contribution is 5.87.